The zero-order valence-corrected chi connectivity index (χ0v) is 13.2. The summed E-state index contributed by atoms with van der Waals surface area (Å²) in [6, 6.07) is 12.3. The van der Waals surface area contributed by atoms with Crippen molar-refractivity contribution in [3.63, 3.8) is 0 Å². The third-order valence-electron chi connectivity index (χ3n) is 3.21. The molecule has 0 aliphatic rings. The van der Waals surface area contributed by atoms with E-state index in [0.29, 0.717) is 11.3 Å². The van der Waals surface area contributed by atoms with Gasteiger partial charge in [-0.25, -0.2) is 0 Å². The van der Waals surface area contributed by atoms with Crippen LogP contribution in [-0.4, -0.2) is 17.6 Å². The maximum atomic E-state index is 12.0. The molecular formula is C16H17BrN2O2. The van der Waals surface area contributed by atoms with Gasteiger partial charge in [-0.1, -0.05) is 34.1 Å². The van der Waals surface area contributed by atoms with Gasteiger partial charge >= 0.3 is 0 Å². The Morgan fingerprint density at radius 3 is 2.57 bits per heavy atom. The van der Waals surface area contributed by atoms with Gasteiger partial charge in [-0.15, -0.1) is 0 Å². The fourth-order valence-corrected chi connectivity index (χ4v) is 2.24. The van der Waals surface area contributed by atoms with E-state index in [9.17, 15) is 9.90 Å². The Kier molecular flexibility index (Phi) is 4.98. The van der Waals surface area contributed by atoms with Gasteiger partial charge in [0.2, 0.25) is 0 Å². The number of aliphatic hydroxyl groups is 1. The molecule has 0 aliphatic carbocycles. The van der Waals surface area contributed by atoms with Crippen LogP contribution >= 0.6 is 15.9 Å². The molecule has 1 unspecified atom stereocenters. The van der Waals surface area contributed by atoms with Crippen LogP contribution in [-0.2, 0) is 0 Å². The van der Waals surface area contributed by atoms with Gasteiger partial charge in [0.1, 0.15) is 0 Å². The highest BCUT2D eigenvalue weighted by molar-refractivity contribution is 9.10. The molecule has 0 aliphatic heterocycles. The molecule has 1 atom stereocenters. The van der Waals surface area contributed by atoms with Crippen molar-refractivity contribution in [3.8, 4) is 0 Å². The van der Waals surface area contributed by atoms with Gasteiger partial charge in [0.05, 0.1) is 6.10 Å². The van der Waals surface area contributed by atoms with E-state index in [4.69, 9.17) is 5.73 Å². The fourth-order valence-electron chi connectivity index (χ4n) is 1.86. The van der Waals surface area contributed by atoms with Crippen molar-refractivity contribution in [2.75, 3.05) is 12.3 Å². The first-order valence-corrected chi connectivity index (χ1v) is 7.34. The highest BCUT2D eigenvalue weighted by Crippen LogP contribution is 2.18. The van der Waals surface area contributed by atoms with Crippen molar-refractivity contribution in [1.82, 2.24) is 5.32 Å². The van der Waals surface area contributed by atoms with Crippen molar-refractivity contribution < 1.29 is 9.90 Å². The van der Waals surface area contributed by atoms with Crippen LogP contribution in [0.25, 0.3) is 0 Å². The van der Waals surface area contributed by atoms with Crippen LogP contribution in [0.1, 0.15) is 27.6 Å². The summed E-state index contributed by atoms with van der Waals surface area (Å²) in [6.07, 6.45) is -0.761. The number of hydrogen-bond donors (Lipinski definition) is 3. The van der Waals surface area contributed by atoms with Crippen molar-refractivity contribution >= 4 is 27.5 Å². The van der Waals surface area contributed by atoms with E-state index in [1.54, 1.807) is 36.4 Å². The van der Waals surface area contributed by atoms with Gasteiger partial charge < -0.3 is 16.2 Å². The number of carbonyl (C=O) groups is 1. The lowest BCUT2D eigenvalue weighted by molar-refractivity contribution is 0.0916. The van der Waals surface area contributed by atoms with Crippen LogP contribution in [0.15, 0.2) is 46.9 Å². The number of nitrogen functional groups attached to an aromatic ring is 1. The Labute approximate surface area is 132 Å². The van der Waals surface area contributed by atoms with Crippen molar-refractivity contribution in [2.45, 2.75) is 13.0 Å². The molecule has 2 aromatic carbocycles. The molecule has 0 saturated heterocycles. The normalized spacial score (nSPS) is 12.0. The van der Waals surface area contributed by atoms with Gasteiger partial charge in [0.25, 0.3) is 5.91 Å². The Bertz CT molecular complexity index is 641. The Hall–Kier alpha value is -1.85. The number of anilines is 1. The SMILES string of the molecule is Cc1ccc(C(=O)NCC(O)c2ccc(N)cc2)cc1Br. The number of aryl methyl sites for hydroxylation is 1. The number of aliphatic hydroxyl groups excluding tert-OH is 1. The molecule has 2 aromatic rings. The molecule has 0 aromatic heterocycles. The van der Waals surface area contributed by atoms with Gasteiger partial charge in [-0.2, -0.15) is 0 Å². The molecular weight excluding hydrogens is 332 g/mol. The molecule has 0 radical (unpaired) electrons. The third-order valence-corrected chi connectivity index (χ3v) is 4.07. The highest BCUT2D eigenvalue weighted by atomic mass is 79.9. The third kappa shape index (κ3) is 4.06. The molecule has 0 bridgehead atoms. The largest absolute Gasteiger partial charge is 0.399 e. The van der Waals surface area contributed by atoms with E-state index in [2.05, 4.69) is 21.2 Å². The molecule has 4 nitrogen and oxygen atoms in total. The van der Waals surface area contributed by atoms with E-state index in [1.807, 2.05) is 13.0 Å². The van der Waals surface area contributed by atoms with E-state index in [-0.39, 0.29) is 12.5 Å². The lowest BCUT2D eigenvalue weighted by Crippen LogP contribution is -2.28. The van der Waals surface area contributed by atoms with Crippen LogP contribution in [0.5, 0.6) is 0 Å². The average molecular weight is 349 g/mol. The predicted molar refractivity (Wildman–Crippen MR) is 87.0 cm³/mol. The second-order valence-electron chi connectivity index (χ2n) is 4.86. The lowest BCUT2D eigenvalue weighted by atomic mass is 10.1. The van der Waals surface area contributed by atoms with Gasteiger partial charge in [-0.3, -0.25) is 4.79 Å². The Morgan fingerprint density at radius 2 is 1.95 bits per heavy atom. The molecule has 0 fully saturated rings. The minimum Gasteiger partial charge on any atom is -0.399 e. The van der Waals surface area contributed by atoms with Crippen LogP contribution in [0.2, 0.25) is 0 Å². The molecule has 1 amide bonds. The summed E-state index contributed by atoms with van der Waals surface area (Å²) in [5, 5.41) is 12.8. The van der Waals surface area contributed by atoms with Gasteiger partial charge in [0.15, 0.2) is 0 Å². The van der Waals surface area contributed by atoms with Crippen LogP contribution in [0, 0.1) is 6.92 Å². The first kappa shape index (κ1) is 15.5. The topological polar surface area (TPSA) is 75.3 Å². The first-order valence-electron chi connectivity index (χ1n) is 6.55. The summed E-state index contributed by atoms with van der Waals surface area (Å²) in [6.45, 7) is 2.10. The van der Waals surface area contributed by atoms with Gasteiger partial charge in [0, 0.05) is 22.3 Å². The highest BCUT2D eigenvalue weighted by Gasteiger charge is 2.11. The lowest BCUT2D eigenvalue weighted by Gasteiger charge is -2.13. The fraction of sp³-hybridized carbons (Fsp3) is 0.188. The Balaban J connectivity index is 1.97. The minimum atomic E-state index is -0.761. The van der Waals surface area contributed by atoms with E-state index < -0.39 is 6.10 Å². The van der Waals surface area contributed by atoms with Crippen molar-refractivity contribution in [3.05, 3.63) is 63.6 Å². The molecule has 21 heavy (non-hydrogen) atoms. The first-order chi connectivity index (χ1) is 9.97. The van der Waals surface area contributed by atoms with Crippen molar-refractivity contribution in [2.24, 2.45) is 0 Å². The number of nitrogens with one attached hydrogen (secondary N) is 1. The van der Waals surface area contributed by atoms with Crippen LogP contribution < -0.4 is 11.1 Å². The summed E-state index contributed by atoms with van der Waals surface area (Å²) >= 11 is 3.40. The number of halogens is 1. The summed E-state index contributed by atoms with van der Waals surface area (Å²) < 4.78 is 0.884. The van der Waals surface area contributed by atoms with E-state index >= 15 is 0 Å². The van der Waals surface area contributed by atoms with Crippen LogP contribution in [0.4, 0.5) is 5.69 Å². The minimum absolute atomic E-state index is 0.147. The predicted octanol–water partition coefficient (Wildman–Crippen LogP) is 2.80. The number of amides is 1. The second-order valence-corrected chi connectivity index (χ2v) is 5.71. The maximum Gasteiger partial charge on any atom is 0.251 e. The summed E-state index contributed by atoms with van der Waals surface area (Å²) in [5.74, 6) is -0.217. The number of carbonyl (C=O) groups excluding carboxylic acids is 1. The number of hydrogen-bond acceptors (Lipinski definition) is 3. The smallest absolute Gasteiger partial charge is 0.251 e. The van der Waals surface area contributed by atoms with Gasteiger partial charge in [-0.05, 0) is 42.3 Å². The monoisotopic (exact) mass is 348 g/mol. The van der Waals surface area contributed by atoms with E-state index in [0.717, 1.165) is 15.6 Å². The maximum absolute atomic E-state index is 12.0. The van der Waals surface area contributed by atoms with Crippen molar-refractivity contribution in [1.29, 1.82) is 0 Å². The quantitative estimate of drug-likeness (QED) is 0.743. The molecule has 0 heterocycles. The average Bonchev–Trinajstić information content (AvgIpc) is 2.48. The zero-order chi connectivity index (χ0) is 15.4. The summed E-state index contributed by atoms with van der Waals surface area (Å²) in [5.41, 5.74) is 8.57. The molecule has 110 valence electrons. The second kappa shape index (κ2) is 6.74. The number of benzene rings is 2. The summed E-state index contributed by atoms with van der Waals surface area (Å²) in [7, 11) is 0. The zero-order valence-electron chi connectivity index (χ0n) is 11.6. The van der Waals surface area contributed by atoms with E-state index in [1.165, 1.54) is 0 Å². The molecule has 2 rings (SSSR count). The molecule has 4 N–H and O–H groups in total. The number of nitrogens with two attached hydrogens (primary N) is 1. The standard InChI is InChI=1S/C16H17BrN2O2/c1-10-2-3-12(8-14(10)17)16(21)19-9-15(20)11-4-6-13(18)7-5-11/h2-8,15,20H,9,18H2,1H3,(H,19,21). The molecule has 5 heteroatoms. The van der Waals surface area contributed by atoms with Crippen LogP contribution in [0.3, 0.4) is 0 Å². The Morgan fingerprint density at radius 1 is 1.29 bits per heavy atom. The summed E-state index contributed by atoms with van der Waals surface area (Å²) in [4.78, 5) is 12.0. The molecule has 0 spiro atoms. The number of rotatable bonds is 4. The molecule has 0 saturated carbocycles.